The molecule has 2 unspecified atom stereocenters. The maximum absolute atomic E-state index is 12.6. The lowest BCUT2D eigenvalue weighted by molar-refractivity contribution is -0.157. The summed E-state index contributed by atoms with van der Waals surface area (Å²) in [5.74, 6) is -0.381. The number of halogens is 3. The van der Waals surface area contributed by atoms with Crippen molar-refractivity contribution < 1.29 is 22.8 Å². The summed E-state index contributed by atoms with van der Waals surface area (Å²) < 4.78 is 36.8. The fourth-order valence-corrected chi connectivity index (χ4v) is 3.02. The Morgan fingerprint density at radius 2 is 1.95 bits per heavy atom. The summed E-state index contributed by atoms with van der Waals surface area (Å²) in [6, 6.07) is -0.655. The molecule has 1 saturated carbocycles. The summed E-state index contributed by atoms with van der Waals surface area (Å²) in [4.78, 5) is 26.1. The van der Waals surface area contributed by atoms with Crippen molar-refractivity contribution in [2.45, 2.75) is 63.7 Å². The third kappa shape index (κ3) is 3.32. The second kappa shape index (κ2) is 5.50. The smallest absolute Gasteiger partial charge is 0.340 e. The Bertz CT molecular complexity index is 434. The van der Waals surface area contributed by atoms with E-state index in [-0.39, 0.29) is 30.7 Å². The number of carbonyl (C=O) groups is 2. The summed E-state index contributed by atoms with van der Waals surface area (Å²) >= 11 is 0. The van der Waals surface area contributed by atoms with Gasteiger partial charge in [0.25, 0.3) is 0 Å². The molecule has 2 amide bonds. The molecule has 1 saturated heterocycles. The van der Waals surface area contributed by atoms with Gasteiger partial charge in [-0.25, -0.2) is 0 Å². The SMILES string of the molecule is CCC1C(=O)NC(C)(C2CC2)C(=O)N1CCCC(F)(F)F. The number of carbonyl (C=O) groups excluding carboxylic acids is 2. The number of hydrogen-bond acceptors (Lipinski definition) is 2. The van der Waals surface area contributed by atoms with Crippen LogP contribution in [0.2, 0.25) is 0 Å². The summed E-state index contributed by atoms with van der Waals surface area (Å²) in [6.45, 7) is 3.42. The van der Waals surface area contributed by atoms with Crippen molar-refractivity contribution in [1.29, 1.82) is 0 Å². The highest BCUT2D eigenvalue weighted by molar-refractivity contribution is 6.00. The van der Waals surface area contributed by atoms with Gasteiger partial charge in [0.2, 0.25) is 11.8 Å². The number of alkyl halides is 3. The number of nitrogens with zero attached hydrogens (tertiary/aromatic N) is 1. The lowest BCUT2D eigenvalue weighted by Gasteiger charge is -2.44. The molecule has 1 aliphatic heterocycles. The molecule has 1 N–H and O–H groups in total. The maximum Gasteiger partial charge on any atom is 0.389 e. The first-order valence-electron chi connectivity index (χ1n) is 7.39. The van der Waals surface area contributed by atoms with Crippen LogP contribution in [-0.2, 0) is 9.59 Å². The second-order valence-corrected chi connectivity index (χ2v) is 6.11. The quantitative estimate of drug-likeness (QED) is 0.847. The summed E-state index contributed by atoms with van der Waals surface area (Å²) in [5, 5.41) is 2.79. The molecule has 0 aromatic rings. The topological polar surface area (TPSA) is 49.4 Å². The zero-order chi connectivity index (χ0) is 15.8. The summed E-state index contributed by atoms with van der Waals surface area (Å²) in [6.07, 6.45) is -3.19. The minimum Gasteiger partial charge on any atom is -0.340 e. The first-order chi connectivity index (χ1) is 9.69. The fraction of sp³-hybridized carbons (Fsp3) is 0.857. The van der Waals surface area contributed by atoms with Crippen LogP contribution >= 0.6 is 0 Å². The first kappa shape index (κ1) is 16.1. The predicted octanol–water partition coefficient (Wildman–Crippen LogP) is 2.23. The Balaban J connectivity index is 2.09. The van der Waals surface area contributed by atoms with Crippen molar-refractivity contribution in [3.8, 4) is 0 Å². The van der Waals surface area contributed by atoms with E-state index in [2.05, 4.69) is 5.32 Å². The number of rotatable bonds is 5. The van der Waals surface area contributed by atoms with Crippen LogP contribution in [0.25, 0.3) is 0 Å². The normalized spacial score (nSPS) is 30.5. The van der Waals surface area contributed by atoms with Crippen molar-refractivity contribution >= 4 is 11.8 Å². The third-order valence-corrected chi connectivity index (χ3v) is 4.41. The van der Waals surface area contributed by atoms with Crippen LogP contribution in [0.3, 0.4) is 0 Å². The molecule has 0 aromatic carbocycles. The standard InChI is InChI=1S/C14H21F3N2O2/c1-3-10-11(20)18-13(2,9-5-6-9)12(21)19(10)8-4-7-14(15,16)17/h9-10H,3-8H2,1-2H3,(H,18,20). The Kier molecular flexibility index (Phi) is 4.22. The van der Waals surface area contributed by atoms with E-state index in [1.165, 1.54) is 4.90 Å². The predicted molar refractivity (Wildman–Crippen MR) is 70.4 cm³/mol. The Hall–Kier alpha value is -1.27. The average Bonchev–Trinajstić information content (AvgIpc) is 3.18. The molecule has 2 aliphatic rings. The third-order valence-electron chi connectivity index (χ3n) is 4.41. The molecular weight excluding hydrogens is 285 g/mol. The van der Waals surface area contributed by atoms with E-state index in [4.69, 9.17) is 0 Å². The van der Waals surface area contributed by atoms with Gasteiger partial charge in [0.15, 0.2) is 0 Å². The van der Waals surface area contributed by atoms with Crippen LogP contribution in [-0.4, -0.2) is 41.0 Å². The van der Waals surface area contributed by atoms with E-state index in [1.807, 2.05) is 0 Å². The van der Waals surface area contributed by atoms with E-state index >= 15 is 0 Å². The maximum atomic E-state index is 12.6. The number of amides is 2. The average molecular weight is 306 g/mol. The fourth-order valence-electron chi connectivity index (χ4n) is 3.02. The lowest BCUT2D eigenvalue weighted by Crippen LogP contribution is -2.70. The van der Waals surface area contributed by atoms with Crippen LogP contribution in [0.15, 0.2) is 0 Å². The molecule has 7 heteroatoms. The van der Waals surface area contributed by atoms with Crippen molar-refractivity contribution in [3.63, 3.8) is 0 Å². The minimum absolute atomic E-state index is 0.0212. The zero-order valence-electron chi connectivity index (χ0n) is 12.3. The molecule has 4 nitrogen and oxygen atoms in total. The molecule has 2 atom stereocenters. The number of piperazine rings is 1. The van der Waals surface area contributed by atoms with E-state index in [0.717, 1.165) is 12.8 Å². The van der Waals surface area contributed by atoms with Gasteiger partial charge in [-0.15, -0.1) is 0 Å². The van der Waals surface area contributed by atoms with Crippen LogP contribution in [0.1, 0.15) is 46.0 Å². The van der Waals surface area contributed by atoms with E-state index in [1.54, 1.807) is 13.8 Å². The Morgan fingerprint density at radius 1 is 1.33 bits per heavy atom. The van der Waals surface area contributed by atoms with Gasteiger partial charge in [-0.2, -0.15) is 13.2 Å². The van der Waals surface area contributed by atoms with Crippen LogP contribution in [0.4, 0.5) is 13.2 Å². The molecule has 0 aromatic heterocycles. The van der Waals surface area contributed by atoms with Crippen molar-refractivity contribution in [2.75, 3.05) is 6.54 Å². The second-order valence-electron chi connectivity index (χ2n) is 6.11. The van der Waals surface area contributed by atoms with Crippen LogP contribution in [0.5, 0.6) is 0 Å². The lowest BCUT2D eigenvalue weighted by atomic mass is 9.88. The zero-order valence-corrected chi connectivity index (χ0v) is 12.3. The van der Waals surface area contributed by atoms with Crippen molar-refractivity contribution in [2.24, 2.45) is 5.92 Å². The van der Waals surface area contributed by atoms with E-state index in [0.29, 0.717) is 6.42 Å². The highest BCUT2D eigenvalue weighted by Gasteiger charge is 2.54. The van der Waals surface area contributed by atoms with Gasteiger partial charge < -0.3 is 10.2 Å². The summed E-state index contributed by atoms with van der Waals surface area (Å²) in [7, 11) is 0. The minimum atomic E-state index is -4.23. The molecule has 1 aliphatic carbocycles. The molecule has 120 valence electrons. The highest BCUT2D eigenvalue weighted by atomic mass is 19.4. The number of hydrogen-bond donors (Lipinski definition) is 1. The van der Waals surface area contributed by atoms with Crippen LogP contribution in [0, 0.1) is 5.92 Å². The Labute approximate surface area is 122 Å². The van der Waals surface area contributed by atoms with E-state index in [9.17, 15) is 22.8 Å². The monoisotopic (exact) mass is 306 g/mol. The molecule has 1 heterocycles. The Morgan fingerprint density at radius 3 is 2.43 bits per heavy atom. The van der Waals surface area contributed by atoms with Gasteiger partial charge in [0, 0.05) is 13.0 Å². The van der Waals surface area contributed by atoms with Gasteiger partial charge in [-0.1, -0.05) is 6.92 Å². The molecule has 0 radical (unpaired) electrons. The van der Waals surface area contributed by atoms with Crippen LogP contribution < -0.4 is 5.32 Å². The first-order valence-corrected chi connectivity index (χ1v) is 7.39. The molecule has 21 heavy (non-hydrogen) atoms. The number of nitrogens with one attached hydrogen (secondary N) is 1. The molecule has 0 spiro atoms. The molecule has 0 bridgehead atoms. The van der Waals surface area contributed by atoms with Gasteiger partial charge in [0.05, 0.1) is 0 Å². The van der Waals surface area contributed by atoms with Gasteiger partial charge in [-0.05, 0) is 38.5 Å². The van der Waals surface area contributed by atoms with Crippen molar-refractivity contribution in [3.05, 3.63) is 0 Å². The largest absolute Gasteiger partial charge is 0.389 e. The van der Waals surface area contributed by atoms with E-state index < -0.39 is 24.2 Å². The molecule has 2 fully saturated rings. The molecular formula is C14H21F3N2O2. The molecule has 2 rings (SSSR count). The van der Waals surface area contributed by atoms with Gasteiger partial charge in [-0.3, -0.25) is 9.59 Å². The van der Waals surface area contributed by atoms with Crippen molar-refractivity contribution in [1.82, 2.24) is 10.2 Å². The van der Waals surface area contributed by atoms with Gasteiger partial charge >= 0.3 is 6.18 Å². The summed E-state index contributed by atoms with van der Waals surface area (Å²) in [5.41, 5.74) is -0.943. The highest BCUT2D eigenvalue weighted by Crippen LogP contribution is 2.42. The van der Waals surface area contributed by atoms with Gasteiger partial charge in [0.1, 0.15) is 11.6 Å².